The quantitative estimate of drug-likeness (QED) is 0.459. The van der Waals surface area contributed by atoms with Gasteiger partial charge in [0.1, 0.15) is 28.6 Å². The predicted octanol–water partition coefficient (Wildman–Crippen LogP) is 3.80. The van der Waals surface area contributed by atoms with Crippen LogP contribution in [0.3, 0.4) is 0 Å². The molecule has 2 aliphatic heterocycles. The highest BCUT2D eigenvalue weighted by Gasteiger charge is 2.54. The van der Waals surface area contributed by atoms with Crippen molar-refractivity contribution in [1.29, 1.82) is 0 Å². The number of hydrogen-bond acceptors (Lipinski definition) is 8. The van der Waals surface area contributed by atoms with E-state index in [9.17, 15) is 24.3 Å². The van der Waals surface area contributed by atoms with Crippen LogP contribution in [0.5, 0.6) is 23.0 Å². The fraction of sp³-hybridized carbons (Fsp3) is 0.120. The van der Waals surface area contributed by atoms with Gasteiger partial charge in [0.05, 0.1) is 5.56 Å². The summed E-state index contributed by atoms with van der Waals surface area (Å²) in [5.74, 6) is -2.74. The van der Waals surface area contributed by atoms with Crippen LogP contribution in [0.25, 0.3) is 0 Å². The highest BCUT2D eigenvalue weighted by atomic mass is 16.6. The molecule has 0 amide bonds. The fourth-order valence-corrected chi connectivity index (χ4v) is 4.31. The van der Waals surface area contributed by atoms with Crippen molar-refractivity contribution in [2.24, 2.45) is 0 Å². The first-order valence-electron chi connectivity index (χ1n) is 10.1. The smallest absolute Gasteiger partial charge is 0.340 e. The van der Waals surface area contributed by atoms with Crippen molar-refractivity contribution in [2.75, 3.05) is 0 Å². The molecule has 3 aromatic carbocycles. The Morgan fingerprint density at radius 3 is 2.26 bits per heavy atom. The largest absolute Gasteiger partial charge is 0.478 e. The van der Waals surface area contributed by atoms with Crippen molar-refractivity contribution in [1.82, 2.24) is 0 Å². The Hall–Kier alpha value is -4.66. The summed E-state index contributed by atoms with van der Waals surface area (Å²) in [6, 6.07) is 13.9. The Kier molecular flexibility index (Phi) is 4.64. The maximum absolute atomic E-state index is 13.1. The number of para-hydroxylation sites is 1. The first kappa shape index (κ1) is 21.2. The number of benzene rings is 3. The molecule has 0 aliphatic carbocycles. The zero-order chi connectivity index (χ0) is 24.2. The van der Waals surface area contributed by atoms with E-state index in [1.54, 1.807) is 30.3 Å². The standard InChI is InChI=1S/C25H16O9/c1-12(26)31-14-7-8-18-22(9-14)33-20-6-4-3-5-17(20)25(18)19-10-16(23(28)29)21(32-13(2)27)11-15(19)24(30)34-25/h3-11H,1-2H3,(H,28,29). The van der Waals surface area contributed by atoms with Gasteiger partial charge in [0.25, 0.3) is 0 Å². The molecule has 1 unspecified atom stereocenters. The van der Waals surface area contributed by atoms with E-state index in [-0.39, 0.29) is 33.9 Å². The molecule has 1 N–H and O–H groups in total. The van der Waals surface area contributed by atoms with Gasteiger partial charge in [-0.2, -0.15) is 0 Å². The maximum Gasteiger partial charge on any atom is 0.340 e. The molecule has 1 atom stereocenters. The Morgan fingerprint density at radius 1 is 0.853 bits per heavy atom. The number of carboxylic acid groups (broad SMARTS) is 1. The van der Waals surface area contributed by atoms with Crippen molar-refractivity contribution in [2.45, 2.75) is 19.4 Å². The lowest BCUT2D eigenvalue weighted by Gasteiger charge is -2.36. The number of esters is 3. The number of carbonyl (C=O) groups is 4. The molecule has 0 saturated carbocycles. The number of carboxylic acids is 1. The van der Waals surface area contributed by atoms with Gasteiger partial charge in [0.2, 0.25) is 0 Å². The molecule has 2 heterocycles. The number of carbonyl (C=O) groups excluding carboxylic acids is 3. The van der Waals surface area contributed by atoms with Crippen molar-refractivity contribution in [3.05, 3.63) is 82.4 Å². The fourth-order valence-electron chi connectivity index (χ4n) is 4.31. The minimum Gasteiger partial charge on any atom is -0.478 e. The SMILES string of the molecule is CC(=O)Oc1ccc2c(c1)Oc1ccccc1C21OC(=O)c2cc(OC(C)=O)c(C(=O)O)cc21. The van der Waals surface area contributed by atoms with Crippen LogP contribution in [0.2, 0.25) is 0 Å². The molecule has 34 heavy (non-hydrogen) atoms. The van der Waals surface area contributed by atoms with E-state index in [1.165, 1.54) is 31.2 Å². The summed E-state index contributed by atoms with van der Waals surface area (Å²) in [6.45, 7) is 2.39. The molecule has 0 bridgehead atoms. The lowest BCUT2D eigenvalue weighted by Crippen LogP contribution is -2.33. The lowest BCUT2D eigenvalue weighted by molar-refractivity contribution is -0.132. The van der Waals surface area contributed by atoms with Crippen LogP contribution in [-0.2, 0) is 19.9 Å². The third-order valence-electron chi connectivity index (χ3n) is 5.53. The Balaban J connectivity index is 1.81. The minimum atomic E-state index is -1.54. The molecule has 9 heteroatoms. The van der Waals surface area contributed by atoms with Crippen molar-refractivity contribution >= 4 is 23.9 Å². The third-order valence-corrected chi connectivity index (χ3v) is 5.53. The highest BCUT2D eigenvalue weighted by molar-refractivity contribution is 6.01. The van der Waals surface area contributed by atoms with E-state index >= 15 is 0 Å². The van der Waals surface area contributed by atoms with Gasteiger partial charge in [0.15, 0.2) is 5.60 Å². The second-order valence-corrected chi connectivity index (χ2v) is 7.71. The van der Waals surface area contributed by atoms with Gasteiger partial charge in [-0.15, -0.1) is 0 Å². The van der Waals surface area contributed by atoms with Crippen LogP contribution < -0.4 is 14.2 Å². The summed E-state index contributed by atoms with van der Waals surface area (Å²) in [7, 11) is 0. The van der Waals surface area contributed by atoms with Crippen LogP contribution in [0, 0.1) is 0 Å². The molecule has 3 aromatic rings. The van der Waals surface area contributed by atoms with Crippen LogP contribution in [0.15, 0.2) is 54.6 Å². The van der Waals surface area contributed by atoms with E-state index in [0.29, 0.717) is 16.9 Å². The van der Waals surface area contributed by atoms with Gasteiger partial charge in [-0.1, -0.05) is 18.2 Å². The van der Waals surface area contributed by atoms with Crippen molar-refractivity contribution in [3.63, 3.8) is 0 Å². The predicted molar refractivity (Wildman–Crippen MR) is 114 cm³/mol. The zero-order valence-electron chi connectivity index (χ0n) is 17.9. The zero-order valence-corrected chi connectivity index (χ0v) is 17.9. The molecular formula is C25H16O9. The van der Waals surface area contributed by atoms with Crippen molar-refractivity contribution in [3.8, 4) is 23.0 Å². The summed E-state index contributed by atoms with van der Waals surface area (Å²) >= 11 is 0. The van der Waals surface area contributed by atoms with E-state index < -0.39 is 29.5 Å². The number of hydrogen-bond donors (Lipinski definition) is 1. The van der Waals surface area contributed by atoms with Gasteiger partial charge >= 0.3 is 23.9 Å². The Bertz CT molecular complexity index is 1420. The van der Waals surface area contributed by atoms with Gasteiger partial charge in [0, 0.05) is 36.6 Å². The molecule has 2 aliphatic rings. The number of ether oxygens (including phenoxy) is 4. The average Bonchev–Trinajstić information content (AvgIpc) is 3.04. The summed E-state index contributed by atoms with van der Waals surface area (Å²) in [6.07, 6.45) is 0. The normalized spacial score (nSPS) is 17.1. The maximum atomic E-state index is 13.1. The molecule has 0 aromatic heterocycles. The molecule has 1 spiro atoms. The molecule has 0 saturated heterocycles. The monoisotopic (exact) mass is 460 g/mol. The highest BCUT2D eigenvalue weighted by Crippen LogP contribution is 2.57. The van der Waals surface area contributed by atoms with Gasteiger partial charge in [-0.05, 0) is 30.3 Å². The number of fused-ring (bicyclic) bond motifs is 6. The molecule has 5 rings (SSSR count). The van der Waals surface area contributed by atoms with Gasteiger partial charge < -0.3 is 24.1 Å². The molecular weight excluding hydrogens is 444 g/mol. The molecule has 9 nitrogen and oxygen atoms in total. The Morgan fingerprint density at radius 2 is 1.56 bits per heavy atom. The van der Waals surface area contributed by atoms with E-state index in [2.05, 4.69) is 0 Å². The lowest BCUT2D eigenvalue weighted by atomic mass is 9.77. The average molecular weight is 460 g/mol. The van der Waals surface area contributed by atoms with Crippen LogP contribution in [-0.4, -0.2) is 29.0 Å². The number of aromatic carboxylic acids is 1. The molecule has 0 fully saturated rings. The minimum absolute atomic E-state index is 0.0490. The first-order chi connectivity index (χ1) is 16.2. The van der Waals surface area contributed by atoms with Gasteiger partial charge in [-0.3, -0.25) is 9.59 Å². The number of rotatable bonds is 3. The van der Waals surface area contributed by atoms with E-state index in [0.717, 1.165) is 6.92 Å². The summed E-state index contributed by atoms with van der Waals surface area (Å²) in [5.41, 5.74) is -0.661. The summed E-state index contributed by atoms with van der Waals surface area (Å²) < 4.78 is 22.2. The Labute approximate surface area is 192 Å². The second-order valence-electron chi connectivity index (χ2n) is 7.71. The van der Waals surface area contributed by atoms with E-state index in [4.69, 9.17) is 18.9 Å². The third kappa shape index (κ3) is 3.09. The topological polar surface area (TPSA) is 125 Å². The second kappa shape index (κ2) is 7.45. The first-order valence-corrected chi connectivity index (χ1v) is 10.1. The molecule has 0 radical (unpaired) electrons. The summed E-state index contributed by atoms with van der Waals surface area (Å²) in [4.78, 5) is 48.0. The molecule has 170 valence electrons. The van der Waals surface area contributed by atoms with Crippen LogP contribution in [0.4, 0.5) is 0 Å². The van der Waals surface area contributed by atoms with E-state index in [1.807, 2.05) is 0 Å². The van der Waals surface area contributed by atoms with Crippen LogP contribution >= 0.6 is 0 Å². The van der Waals surface area contributed by atoms with Crippen LogP contribution in [0.1, 0.15) is 51.3 Å². The van der Waals surface area contributed by atoms with Gasteiger partial charge in [-0.25, -0.2) is 9.59 Å². The summed E-state index contributed by atoms with van der Waals surface area (Å²) in [5, 5.41) is 9.78. The van der Waals surface area contributed by atoms with Crippen molar-refractivity contribution < 1.29 is 43.2 Å².